The molecule has 1 atom stereocenters. The molecule has 0 bridgehead atoms. The quantitative estimate of drug-likeness (QED) is 0.248. The monoisotopic (exact) mass is 537 g/mol. The maximum atomic E-state index is 13.8. The number of aliphatic hydroxyl groups is 1. The molecule has 3 N–H and O–H groups in total. The lowest BCUT2D eigenvalue weighted by Gasteiger charge is -2.22. The van der Waals surface area contributed by atoms with Crippen molar-refractivity contribution < 1.29 is 23.4 Å². The molecule has 39 heavy (non-hydrogen) atoms. The number of anilines is 3. The molecule has 1 aliphatic rings. The molecular formula is C27H29F2N7O3. The third-order valence-electron chi connectivity index (χ3n) is 6.63. The van der Waals surface area contributed by atoms with E-state index in [0.717, 1.165) is 54.9 Å². The summed E-state index contributed by atoms with van der Waals surface area (Å²) in [6, 6.07) is 9.52. The van der Waals surface area contributed by atoms with Gasteiger partial charge >= 0.3 is 0 Å². The van der Waals surface area contributed by atoms with E-state index in [2.05, 4.69) is 30.8 Å². The third kappa shape index (κ3) is 6.47. The number of aromatic nitrogens is 4. The number of benzene rings is 2. The van der Waals surface area contributed by atoms with Gasteiger partial charge in [-0.3, -0.25) is 14.4 Å². The summed E-state index contributed by atoms with van der Waals surface area (Å²) in [5.41, 5.74) is 0.340. The molecule has 1 amide bonds. The van der Waals surface area contributed by atoms with Crippen molar-refractivity contribution in [3.05, 3.63) is 66.6 Å². The molecule has 0 aliphatic carbocycles. The average Bonchev–Trinajstić information content (AvgIpc) is 3.58. The number of nitrogens with one attached hydrogen (secondary N) is 2. The van der Waals surface area contributed by atoms with Gasteiger partial charge in [0.1, 0.15) is 12.3 Å². The van der Waals surface area contributed by atoms with Gasteiger partial charge in [0.25, 0.3) is 0 Å². The van der Waals surface area contributed by atoms with Crippen LogP contribution in [-0.4, -0.2) is 68.2 Å². The average molecular weight is 538 g/mol. The van der Waals surface area contributed by atoms with Crippen molar-refractivity contribution in [1.29, 1.82) is 0 Å². The predicted octanol–water partition coefficient (Wildman–Crippen LogP) is 3.71. The van der Waals surface area contributed by atoms with Crippen molar-refractivity contribution in [3.63, 3.8) is 0 Å². The number of nitrogens with zero attached hydrogens (tertiary/aromatic N) is 5. The van der Waals surface area contributed by atoms with E-state index in [1.807, 2.05) is 18.2 Å². The van der Waals surface area contributed by atoms with Crippen molar-refractivity contribution in [1.82, 2.24) is 24.9 Å². The van der Waals surface area contributed by atoms with Crippen LogP contribution in [0.3, 0.4) is 0 Å². The number of carbonyl (C=O) groups excluding carboxylic acids is 1. The number of halogens is 2. The first-order chi connectivity index (χ1) is 19.0. The summed E-state index contributed by atoms with van der Waals surface area (Å²) in [6.45, 7) is 2.50. The Morgan fingerprint density at radius 1 is 1.21 bits per heavy atom. The minimum atomic E-state index is -1.12. The Balaban J connectivity index is 1.16. The van der Waals surface area contributed by atoms with Gasteiger partial charge in [0.15, 0.2) is 17.5 Å². The number of aliphatic hydroxyl groups excluding tert-OH is 1. The maximum absolute atomic E-state index is 13.8. The fraction of sp³-hybridized carbons (Fsp3) is 0.333. The van der Waals surface area contributed by atoms with Crippen LogP contribution in [0, 0.1) is 11.6 Å². The Kier molecular flexibility index (Phi) is 8.23. The molecule has 12 heteroatoms. The van der Waals surface area contributed by atoms with E-state index < -0.39 is 17.5 Å². The van der Waals surface area contributed by atoms with Crippen molar-refractivity contribution in [2.75, 3.05) is 36.9 Å². The fourth-order valence-corrected chi connectivity index (χ4v) is 4.69. The molecule has 0 radical (unpaired) electrons. The Labute approximate surface area is 223 Å². The number of hydrogen-bond acceptors (Lipinski definition) is 8. The van der Waals surface area contributed by atoms with Crippen LogP contribution in [0.15, 0.2) is 55.0 Å². The Morgan fingerprint density at radius 3 is 2.97 bits per heavy atom. The molecule has 2 aromatic carbocycles. The number of likely N-dealkylation sites (tertiary alicyclic amines) is 1. The van der Waals surface area contributed by atoms with Gasteiger partial charge < -0.3 is 20.5 Å². The molecule has 4 aromatic rings. The van der Waals surface area contributed by atoms with Gasteiger partial charge in [0, 0.05) is 29.6 Å². The van der Waals surface area contributed by atoms with Crippen LogP contribution >= 0.6 is 0 Å². The number of ether oxygens (including phenoxy) is 1. The molecular weight excluding hydrogens is 508 g/mol. The lowest BCUT2D eigenvalue weighted by molar-refractivity contribution is -0.116. The first-order valence-corrected chi connectivity index (χ1v) is 12.8. The lowest BCUT2D eigenvalue weighted by atomic mass is 10.2. The normalized spacial score (nSPS) is 15.5. The summed E-state index contributed by atoms with van der Waals surface area (Å²) in [4.78, 5) is 14.6. The Bertz CT molecular complexity index is 1450. The van der Waals surface area contributed by atoms with Crippen LogP contribution in [-0.2, 0) is 11.3 Å². The minimum absolute atomic E-state index is 0.196. The Hall–Kier alpha value is -4.16. The van der Waals surface area contributed by atoms with Gasteiger partial charge in [-0.2, -0.15) is 10.2 Å². The van der Waals surface area contributed by atoms with Crippen LogP contribution in [0.1, 0.15) is 19.3 Å². The number of amides is 1. The highest BCUT2D eigenvalue weighted by atomic mass is 19.2. The number of carbonyl (C=O) groups is 1. The largest absolute Gasteiger partial charge is 0.494 e. The third-order valence-corrected chi connectivity index (χ3v) is 6.63. The summed E-state index contributed by atoms with van der Waals surface area (Å²) < 4.78 is 34.5. The highest BCUT2D eigenvalue weighted by molar-refractivity contribution is 5.93. The Morgan fingerprint density at radius 2 is 2.10 bits per heavy atom. The van der Waals surface area contributed by atoms with E-state index in [-0.39, 0.29) is 24.9 Å². The van der Waals surface area contributed by atoms with Gasteiger partial charge in [-0.05, 0) is 56.1 Å². The zero-order valence-corrected chi connectivity index (χ0v) is 21.2. The van der Waals surface area contributed by atoms with Crippen molar-refractivity contribution in [2.24, 2.45) is 0 Å². The first kappa shape index (κ1) is 26.4. The van der Waals surface area contributed by atoms with Gasteiger partial charge in [-0.15, -0.1) is 5.10 Å². The summed E-state index contributed by atoms with van der Waals surface area (Å²) in [7, 11) is 0. The molecule has 204 valence electrons. The second-order valence-corrected chi connectivity index (χ2v) is 9.36. The molecule has 5 rings (SSSR count). The molecule has 0 saturated carbocycles. The van der Waals surface area contributed by atoms with Crippen LogP contribution in [0.4, 0.5) is 26.0 Å². The fourth-order valence-electron chi connectivity index (χ4n) is 4.69. The summed E-state index contributed by atoms with van der Waals surface area (Å²) >= 11 is 0. The van der Waals surface area contributed by atoms with Crippen LogP contribution in [0.5, 0.6) is 5.75 Å². The van der Waals surface area contributed by atoms with Gasteiger partial charge in [0.05, 0.1) is 37.0 Å². The zero-order chi connectivity index (χ0) is 27.2. The van der Waals surface area contributed by atoms with Gasteiger partial charge in [-0.25, -0.2) is 8.78 Å². The summed E-state index contributed by atoms with van der Waals surface area (Å²) in [5, 5.41) is 29.0. The van der Waals surface area contributed by atoms with Crippen molar-refractivity contribution in [3.8, 4) is 5.75 Å². The molecule has 0 unspecified atom stereocenters. The van der Waals surface area contributed by atoms with E-state index >= 15 is 0 Å². The minimum Gasteiger partial charge on any atom is -0.494 e. The smallest absolute Gasteiger partial charge is 0.246 e. The van der Waals surface area contributed by atoms with Gasteiger partial charge in [0.2, 0.25) is 5.91 Å². The van der Waals surface area contributed by atoms with E-state index in [0.29, 0.717) is 18.1 Å². The molecule has 1 aliphatic heterocycles. The topological polar surface area (TPSA) is 117 Å². The maximum Gasteiger partial charge on any atom is 0.246 e. The molecule has 3 heterocycles. The second-order valence-electron chi connectivity index (χ2n) is 9.36. The molecule has 1 fully saturated rings. The first-order valence-electron chi connectivity index (χ1n) is 12.8. The van der Waals surface area contributed by atoms with Crippen molar-refractivity contribution in [2.45, 2.75) is 31.8 Å². The number of rotatable bonds is 11. The standard InChI is InChI=1S/C27H29F2N7O3/c28-23-5-1-6-24(26(23)29)33-25(38)16-36-15-19(14-31-36)32-27-22-8-7-21(12-18(22)13-30-34-27)39-11-3-10-35-9-2-4-20(35)17-37/h1,5-8,12-15,20,37H,2-4,9-11,16-17H2,(H,32,34)(H,33,38)/t20-/m1/s1. The van der Waals surface area contributed by atoms with Crippen LogP contribution in [0.25, 0.3) is 10.8 Å². The number of fused-ring (bicyclic) bond motifs is 1. The lowest BCUT2D eigenvalue weighted by Crippen LogP contribution is -2.33. The van der Waals surface area contributed by atoms with E-state index in [4.69, 9.17) is 4.74 Å². The molecule has 10 nitrogen and oxygen atoms in total. The number of hydrogen-bond donors (Lipinski definition) is 3. The van der Waals surface area contributed by atoms with Crippen LogP contribution in [0.2, 0.25) is 0 Å². The molecule has 0 spiro atoms. The van der Waals surface area contributed by atoms with E-state index in [1.165, 1.54) is 23.0 Å². The van der Waals surface area contributed by atoms with E-state index in [1.54, 1.807) is 12.4 Å². The van der Waals surface area contributed by atoms with Crippen LogP contribution < -0.4 is 15.4 Å². The molecule has 2 aromatic heterocycles. The van der Waals surface area contributed by atoms with Gasteiger partial charge in [-0.1, -0.05) is 6.07 Å². The van der Waals surface area contributed by atoms with E-state index in [9.17, 15) is 18.7 Å². The highest BCUT2D eigenvalue weighted by Crippen LogP contribution is 2.27. The SMILES string of the molecule is O=C(Cn1cc(Nc2nncc3cc(OCCCN4CCC[C@@H]4CO)ccc23)cn1)Nc1cccc(F)c1F. The summed E-state index contributed by atoms with van der Waals surface area (Å²) in [5.74, 6) is -1.47. The van der Waals surface area contributed by atoms with Crippen molar-refractivity contribution >= 4 is 33.9 Å². The zero-order valence-electron chi connectivity index (χ0n) is 21.2. The second kappa shape index (κ2) is 12.1. The summed E-state index contributed by atoms with van der Waals surface area (Å²) in [6.07, 6.45) is 7.82. The predicted molar refractivity (Wildman–Crippen MR) is 142 cm³/mol. The highest BCUT2D eigenvalue weighted by Gasteiger charge is 2.22. The molecule has 1 saturated heterocycles.